The first-order chi connectivity index (χ1) is 10.8. The molecule has 22 heavy (non-hydrogen) atoms. The van der Waals surface area contributed by atoms with E-state index in [0.29, 0.717) is 11.6 Å². The molecular formula is C17H22N4O. The van der Waals surface area contributed by atoms with E-state index in [-0.39, 0.29) is 12.0 Å². The third-order valence-electron chi connectivity index (χ3n) is 4.67. The lowest BCUT2D eigenvalue weighted by atomic mass is 9.88. The smallest absolute Gasteiger partial charge is 0.225 e. The summed E-state index contributed by atoms with van der Waals surface area (Å²) in [7, 11) is 0. The van der Waals surface area contributed by atoms with Crippen molar-refractivity contribution < 1.29 is 4.79 Å². The Bertz CT molecular complexity index is 574. The molecule has 3 rings (SSSR count). The molecular weight excluding hydrogens is 276 g/mol. The van der Waals surface area contributed by atoms with E-state index >= 15 is 0 Å². The average molecular weight is 298 g/mol. The van der Waals surface area contributed by atoms with Gasteiger partial charge in [-0.25, -0.2) is 4.98 Å². The Balaban J connectivity index is 1.55. The van der Waals surface area contributed by atoms with Gasteiger partial charge in [-0.15, -0.1) is 0 Å². The van der Waals surface area contributed by atoms with Crippen LogP contribution >= 0.6 is 0 Å². The van der Waals surface area contributed by atoms with E-state index in [1.807, 2.05) is 23.1 Å². The Labute approximate surface area is 131 Å². The molecule has 1 N–H and O–H groups in total. The van der Waals surface area contributed by atoms with Crippen molar-refractivity contribution in [3.63, 3.8) is 0 Å². The number of nitrogens with zero attached hydrogens (tertiary/aromatic N) is 3. The van der Waals surface area contributed by atoms with Crippen LogP contribution in [0.25, 0.3) is 0 Å². The first-order valence-electron chi connectivity index (χ1n) is 8.19. The highest BCUT2D eigenvalue weighted by atomic mass is 16.2. The predicted molar refractivity (Wildman–Crippen MR) is 84.1 cm³/mol. The molecule has 2 heterocycles. The van der Waals surface area contributed by atoms with Gasteiger partial charge in [0.05, 0.1) is 0 Å². The van der Waals surface area contributed by atoms with Crippen molar-refractivity contribution in [3.05, 3.63) is 23.9 Å². The van der Waals surface area contributed by atoms with Crippen LogP contribution < -0.4 is 5.32 Å². The minimum absolute atomic E-state index is 0.231. The molecule has 5 heteroatoms. The highest BCUT2D eigenvalue weighted by molar-refractivity contribution is 5.79. The van der Waals surface area contributed by atoms with Crippen molar-refractivity contribution in [2.45, 2.75) is 44.6 Å². The lowest BCUT2D eigenvalue weighted by molar-refractivity contribution is -0.135. The second kappa shape index (κ2) is 6.78. The summed E-state index contributed by atoms with van der Waals surface area (Å²) in [5, 5.41) is 12.2. The molecule has 2 aliphatic rings. The van der Waals surface area contributed by atoms with Gasteiger partial charge in [0.2, 0.25) is 5.91 Å². The number of rotatable bonds is 3. The first-order valence-corrected chi connectivity index (χ1v) is 8.19. The van der Waals surface area contributed by atoms with Crippen molar-refractivity contribution in [1.29, 1.82) is 5.26 Å². The zero-order chi connectivity index (χ0) is 15.4. The molecule has 1 aromatic rings. The van der Waals surface area contributed by atoms with Crippen LogP contribution in [0.3, 0.4) is 0 Å². The fraction of sp³-hybridized carbons (Fsp3) is 0.588. The zero-order valence-corrected chi connectivity index (χ0v) is 12.8. The molecule has 116 valence electrons. The monoisotopic (exact) mass is 298 g/mol. The molecule has 1 unspecified atom stereocenters. The fourth-order valence-electron chi connectivity index (χ4n) is 3.47. The number of pyridine rings is 1. The summed E-state index contributed by atoms with van der Waals surface area (Å²) in [5.41, 5.74) is 0.415. The average Bonchev–Trinajstić information content (AvgIpc) is 3.03. The second-order valence-electron chi connectivity index (χ2n) is 6.27. The topological polar surface area (TPSA) is 69.0 Å². The SMILES string of the molecule is N#Cc1cccc(NC2CCN(C(=O)C3CCCCC3)C2)n1. The maximum Gasteiger partial charge on any atom is 0.225 e. The van der Waals surface area contributed by atoms with Gasteiger partial charge in [-0.2, -0.15) is 5.26 Å². The Kier molecular flexibility index (Phi) is 4.57. The van der Waals surface area contributed by atoms with Crippen LogP contribution in [0.5, 0.6) is 0 Å². The number of aromatic nitrogens is 1. The van der Waals surface area contributed by atoms with Gasteiger partial charge in [0.15, 0.2) is 0 Å². The van der Waals surface area contributed by atoms with Crippen molar-refractivity contribution in [1.82, 2.24) is 9.88 Å². The molecule has 1 aromatic heterocycles. The van der Waals surface area contributed by atoms with E-state index in [0.717, 1.165) is 38.2 Å². The molecule has 0 spiro atoms. The van der Waals surface area contributed by atoms with Crippen molar-refractivity contribution in [3.8, 4) is 6.07 Å². The van der Waals surface area contributed by atoms with Gasteiger partial charge < -0.3 is 10.2 Å². The predicted octanol–water partition coefficient (Wildman–Crippen LogP) is 2.55. The van der Waals surface area contributed by atoms with E-state index in [4.69, 9.17) is 5.26 Å². The molecule has 0 radical (unpaired) electrons. The van der Waals surface area contributed by atoms with Crippen LogP contribution in [0.15, 0.2) is 18.2 Å². The highest BCUT2D eigenvalue weighted by Crippen LogP contribution is 2.27. The summed E-state index contributed by atoms with van der Waals surface area (Å²) in [5.74, 6) is 1.30. The van der Waals surface area contributed by atoms with E-state index < -0.39 is 0 Å². The standard InChI is InChI=1S/C17H22N4O/c18-11-14-7-4-8-16(19-14)20-15-9-10-21(12-15)17(22)13-5-2-1-3-6-13/h4,7-8,13,15H,1-3,5-6,9-10,12H2,(H,19,20). The summed E-state index contributed by atoms with van der Waals surface area (Å²) in [6.45, 7) is 1.57. The zero-order valence-electron chi connectivity index (χ0n) is 12.8. The van der Waals surface area contributed by atoms with Gasteiger partial charge in [-0.05, 0) is 31.4 Å². The Morgan fingerprint density at radius 1 is 1.27 bits per heavy atom. The quantitative estimate of drug-likeness (QED) is 0.931. The Morgan fingerprint density at radius 2 is 2.09 bits per heavy atom. The van der Waals surface area contributed by atoms with Crippen LogP contribution in [0, 0.1) is 17.2 Å². The number of hydrogen-bond acceptors (Lipinski definition) is 4. The molecule has 0 aromatic carbocycles. The van der Waals surface area contributed by atoms with Crippen LogP contribution in [0.4, 0.5) is 5.82 Å². The Morgan fingerprint density at radius 3 is 2.86 bits per heavy atom. The molecule has 1 saturated heterocycles. The number of carbonyl (C=O) groups excluding carboxylic acids is 1. The highest BCUT2D eigenvalue weighted by Gasteiger charge is 2.31. The van der Waals surface area contributed by atoms with Gasteiger partial charge in [0, 0.05) is 25.0 Å². The number of likely N-dealkylation sites (tertiary alicyclic amines) is 1. The summed E-state index contributed by atoms with van der Waals surface area (Å²) < 4.78 is 0. The maximum absolute atomic E-state index is 12.5. The third kappa shape index (κ3) is 3.38. The third-order valence-corrected chi connectivity index (χ3v) is 4.67. The minimum atomic E-state index is 0.231. The first kappa shape index (κ1) is 14.8. The summed E-state index contributed by atoms with van der Waals surface area (Å²) in [6, 6.07) is 7.67. The lowest BCUT2D eigenvalue weighted by Gasteiger charge is -2.26. The molecule has 5 nitrogen and oxygen atoms in total. The van der Waals surface area contributed by atoms with Crippen molar-refractivity contribution >= 4 is 11.7 Å². The molecule has 1 aliphatic heterocycles. The molecule has 0 bridgehead atoms. The number of carbonyl (C=O) groups is 1. The summed E-state index contributed by atoms with van der Waals surface area (Å²) in [4.78, 5) is 18.8. The number of amides is 1. The lowest BCUT2D eigenvalue weighted by Crippen LogP contribution is -2.36. The molecule has 2 fully saturated rings. The van der Waals surface area contributed by atoms with Gasteiger partial charge in [0.1, 0.15) is 17.6 Å². The van der Waals surface area contributed by atoms with Crippen molar-refractivity contribution in [2.24, 2.45) is 5.92 Å². The van der Waals surface area contributed by atoms with E-state index in [1.54, 1.807) is 6.07 Å². The van der Waals surface area contributed by atoms with Gasteiger partial charge >= 0.3 is 0 Å². The van der Waals surface area contributed by atoms with E-state index in [9.17, 15) is 4.79 Å². The molecule has 1 amide bonds. The van der Waals surface area contributed by atoms with Crippen LogP contribution in [-0.2, 0) is 4.79 Å². The fourth-order valence-corrected chi connectivity index (χ4v) is 3.47. The van der Waals surface area contributed by atoms with Crippen LogP contribution in [-0.4, -0.2) is 34.9 Å². The van der Waals surface area contributed by atoms with E-state index in [1.165, 1.54) is 19.3 Å². The number of nitrogens with one attached hydrogen (secondary N) is 1. The van der Waals surface area contributed by atoms with Crippen LogP contribution in [0.1, 0.15) is 44.2 Å². The molecule has 1 atom stereocenters. The number of hydrogen-bond donors (Lipinski definition) is 1. The number of anilines is 1. The normalized spacial score (nSPS) is 22.3. The summed E-state index contributed by atoms with van der Waals surface area (Å²) in [6.07, 6.45) is 6.71. The Hall–Kier alpha value is -2.09. The maximum atomic E-state index is 12.5. The van der Waals surface area contributed by atoms with Crippen molar-refractivity contribution in [2.75, 3.05) is 18.4 Å². The van der Waals surface area contributed by atoms with Crippen LogP contribution in [0.2, 0.25) is 0 Å². The second-order valence-corrected chi connectivity index (χ2v) is 6.27. The largest absolute Gasteiger partial charge is 0.365 e. The van der Waals surface area contributed by atoms with Gasteiger partial charge in [-0.3, -0.25) is 4.79 Å². The van der Waals surface area contributed by atoms with Gasteiger partial charge in [-0.1, -0.05) is 25.3 Å². The molecule has 1 saturated carbocycles. The van der Waals surface area contributed by atoms with E-state index in [2.05, 4.69) is 10.3 Å². The summed E-state index contributed by atoms with van der Waals surface area (Å²) >= 11 is 0. The molecule has 1 aliphatic carbocycles. The van der Waals surface area contributed by atoms with Gasteiger partial charge in [0.25, 0.3) is 0 Å². The number of nitriles is 1. The minimum Gasteiger partial charge on any atom is -0.365 e.